The van der Waals surface area contributed by atoms with Crippen molar-refractivity contribution >= 4 is 16.9 Å². The molecule has 1 aliphatic rings. The van der Waals surface area contributed by atoms with E-state index >= 15 is 0 Å². The molecule has 0 aromatic carbocycles. The standard InChI is InChI=1S/C22H25N7O/c1-13-7-19(27-6-5-23-15(3)11-27)12-28-21(13)24-20(25-22(28)30)17-9-16(4)29-18(10-17)8-14(2)26-29/h7-10,12,15,23H,5-6,11H2,1-4H3/t15-/m0/s1. The Balaban J connectivity index is 1.63. The Labute approximate surface area is 174 Å². The Morgan fingerprint density at radius 2 is 1.93 bits per heavy atom. The molecule has 5 heterocycles. The van der Waals surface area contributed by atoms with Gasteiger partial charge in [0, 0.05) is 43.1 Å². The maximum absolute atomic E-state index is 12.9. The molecular formula is C22H25N7O. The van der Waals surface area contributed by atoms with Gasteiger partial charge in [-0.15, -0.1) is 0 Å². The van der Waals surface area contributed by atoms with Crippen molar-refractivity contribution in [2.24, 2.45) is 0 Å². The van der Waals surface area contributed by atoms with Crippen LogP contribution >= 0.6 is 0 Å². The lowest BCUT2D eigenvalue weighted by molar-refractivity contribution is 0.484. The second-order valence-electron chi connectivity index (χ2n) is 8.21. The minimum atomic E-state index is -0.314. The second kappa shape index (κ2) is 6.91. The van der Waals surface area contributed by atoms with Gasteiger partial charge < -0.3 is 10.2 Å². The summed E-state index contributed by atoms with van der Waals surface area (Å²) >= 11 is 0. The molecule has 154 valence electrons. The first-order chi connectivity index (χ1) is 14.4. The van der Waals surface area contributed by atoms with E-state index in [-0.39, 0.29) is 5.69 Å². The van der Waals surface area contributed by atoms with Gasteiger partial charge in [-0.1, -0.05) is 0 Å². The summed E-state index contributed by atoms with van der Waals surface area (Å²) < 4.78 is 3.45. The summed E-state index contributed by atoms with van der Waals surface area (Å²) in [6.45, 7) is 10.9. The molecular weight excluding hydrogens is 378 g/mol. The Kier molecular flexibility index (Phi) is 4.32. The molecule has 5 rings (SSSR count). The van der Waals surface area contributed by atoms with Gasteiger partial charge in [-0.2, -0.15) is 10.1 Å². The fraction of sp³-hybridized carbons (Fsp3) is 0.364. The Morgan fingerprint density at radius 3 is 2.73 bits per heavy atom. The predicted molar refractivity (Wildman–Crippen MR) is 117 cm³/mol. The Morgan fingerprint density at radius 1 is 1.10 bits per heavy atom. The zero-order valence-electron chi connectivity index (χ0n) is 17.7. The first kappa shape index (κ1) is 18.7. The van der Waals surface area contributed by atoms with E-state index in [1.807, 2.05) is 49.7 Å². The number of piperazine rings is 1. The lowest BCUT2D eigenvalue weighted by Crippen LogP contribution is -2.49. The van der Waals surface area contributed by atoms with E-state index in [1.165, 1.54) is 0 Å². The van der Waals surface area contributed by atoms with E-state index < -0.39 is 0 Å². The molecule has 1 N–H and O–H groups in total. The van der Waals surface area contributed by atoms with Gasteiger partial charge >= 0.3 is 5.69 Å². The van der Waals surface area contributed by atoms with Gasteiger partial charge in [0.15, 0.2) is 5.82 Å². The number of nitrogens with zero attached hydrogens (tertiary/aromatic N) is 6. The number of anilines is 1. The average Bonchev–Trinajstić information content (AvgIpc) is 3.09. The molecule has 0 saturated carbocycles. The minimum absolute atomic E-state index is 0.314. The SMILES string of the molecule is Cc1cc2cc(-c3nc(=O)n4cc(N5CCN[C@@H](C)C5)cc(C)c4n3)cc(C)n2n1. The minimum Gasteiger partial charge on any atom is -0.368 e. The Bertz CT molecular complexity index is 1340. The quantitative estimate of drug-likeness (QED) is 0.552. The van der Waals surface area contributed by atoms with E-state index in [0.717, 1.165) is 53.4 Å². The highest BCUT2D eigenvalue weighted by Crippen LogP contribution is 2.23. The van der Waals surface area contributed by atoms with Crippen molar-refractivity contribution in [1.82, 2.24) is 29.3 Å². The van der Waals surface area contributed by atoms with Crippen molar-refractivity contribution in [3.63, 3.8) is 0 Å². The lowest BCUT2D eigenvalue weighted by atomic mass is 10.2. The highest BCUT2D eigenvalue weighted by molar-refractivity contribution is 5.67. The van der Waals surface area contributed by atoms with Crippen LogP contribution in [-0.2, 0) is 0 Å². The largest absolute Gasteiger partial charge is 0.368 e. The average molecular weight is 403 g/mol. The van der Waals surface area contributed by atoms with Gasteiger partial charge in [0.2, 0.25) is 0 Å². The maximum atomic E-state index is 12.9. The number of hydrogen-bond acceptors (Lipinski definition) is 6. The zero-order chi connectivity index (χ0) is 21.0. The maximum Gasteiger partial charge on any atom is 0.355 e. The van der Waals surface area contributed by atoms with Gasteiger partial charge in [-0.25, -0.2) is 18.7 Å². The molecule has 8 nitrogen and oxygen atoms in total. The van der Waals surface area contributed by atoms with Crippen LogP contribution in [0.5, 0.6) is 0 Å². The first-order valence-corrected chi connectivity index (χ1v) is 10.3. The summed E-state index contributed by atoms with van der Waals surface area (Å²) in [5, 5.41) is 7.94. The third-order valence-corrected chi connectivity index (χ3v) is 5.68. The van der Waals surface area contributed by atoms with E-state index in [0.29, 0.717) is 17.5 Å². The molecule has 1 aliphatic heterocycles. The van der Waals surface area contributed by atoms with Crippen molar-refractivity contribution in [1.29, 1.82) is 0 Å². The normalized spacial score (nSPS) is 17.2. The van der Waals surface area contributed by atoms with Crippen LogP contribution in [0.15, 0.2) is 35.3 Å². The third kappa shape index (κ3) is 3.13. The lowest BCUT2D eigenvalue weighted by Gasteiger charge is -2.33. The monoisotopic (exact) mass is 403 g/mol. The van der Waals surface area contributed by atoms with Crippen LogP contribution in [0, 0.1) is 20.8 Å². The fourth-order valence-corrected chi connectivity index (χ4v) is 4.25. The summed E-state index contributed by atoms with van der Waals surface area (Å²) in [4.78, 5) is 24.3. The van der Waals surface area contributed by atoms with Gasteiger partial charge in [-0.05, 0) is 57.5 Å². The molecule has 4 aromatic rings. The van der Waals surface area contributed by atoms with Crippen molar-refractivity contribution in [2.75, 3.05) is 24.5 Å². The van der Waals surface area contributed by atoms with E-state index in [2.05, 4.69) is 33.3 Å². The molecule has 0 bridgehead atoms. The second-order valence-corrected chi connectivity index (χ2v) is 8.21. The molecule has 0 radical (unpaired) electrons. The number of aromatic nitrogens is 5. The van der Waals surface area contributed by atoms with Crippen LogP contribution < -0.4 is 15.9 Å². The zero-order valence-corrected chi connectivity index (χ0v) is 17.7. The highest BCUT2D eigenvalue weighted by atomic mass is 16.1. The summed E-state index contributed by atoms with van der Waals surface area (Å²) in [5.41, 5.74) is 6.01. The van der Waals surface area contributed by atoms with E-state index in [1.54, 1.807) is 4.40 Å². The highest BCUT2D eigenvalue weighted by Gasteiger charge is 2.18. The molecule has 0 spiro atoms. The number of aryl methyl sites for hydroxylation is 3. The first-order valence-electron chi connectivity index (χ1n) is 10.3. The van der Waals surface area contributed by atoms with Crippen LogP contribution in [0.25, 0.3) is 22.6 Å². The Hall–Kier alpha value is -3.26. The molecule has 0 unspecified atom stereocenters. The molecule has 0 amide bonds. The van der Waals surface area contributed by atoms with Crippen molar-refractivity contribution < 1.29 is 0 Å². The summed E-state index contributed by atoms with van der Waals surface area (Å²) in [6.07, 6.45) is 1.86. The number of pyridine rings is 2. The molecule has 4 aromatic heterocycles. The van der Waals surface area contributed by atoms with Crippen LogP contribution in [0.3, 0.4) is 0 Å². The summed E-state index contributed by atoms with van der Waals surface area (Å²) in [5.74, 6) is 0.441. The molecule has 30 heavy (non-hydrogen) atoms. The number of nitrogens with one attached hydrogen (secondary N) is 1. The van der Waals surface area contributed by atoms with E-state index in [4.69, 9.17) is 4.98 Å². The summed E-state index contributed by atoms with van der Waals surface area (Å²) in [6, 6.07) is 8.48. The number of fused-ring (bicyclic) bond motifs is 2. The molecule has 0 aliphatic carbocycles. The number of hydrogen-bond donors (Lipinski definition) is 1. The van der Waals surface area contributed by atoms with Crippen molar-refractivity contribution in [2.45, 2.75) is 33.7 Å². The van der Waals surface area contributed by atoms with Gasteiger partial charge in [0.25, 0.3) is 0 Å². The van der Waals surface area contributed by atoms with Gasteiger partial charge in [-0.3, -0.25) is 0 Å². The number of rotatable bonds is 2. The van der Waals surface area contributed by atoms with Gasteiger partial charge in [0.1, 0.15) is 5.65 Å². The van der Waals surface area contributed by atoms with Crippen LogP contribution in [0.2, 0.25) is 0 Å². The third-order valence-electron chi connectivity index (χ3n) is 5.68. The van der Waals surface area contributed by atoms with Crippen LogP contribution in [-0.4, -0.2) is 49.7 Å². The van der Waals surface area contributed by atoms with Crippen LogP contribution in [0.1, 0.15) is 23.9 Å². The van der Waals surface area contributed by atoms with Crippen LogP contribution in [0.4, 0.5) is 5.69 Å². The summed E-state index contributed by atoms with van der Waals surface area (Å²) in [7, 11) is 0. The molecule has 1 saturated heterocycles. The van der Waals surface area contributed by atoms with Gasteiger partial charge in [0.05, 0.1) is 16.9 Å². The molecule has 8 heteroatoms. The van der Waals surface area contributed by atoms with Crippen molar-refractivity contribution in [3.05, 3.63) is 57.9 Å². The smallest absolute Gasteiger partial charge is 0.355 e. The topological polar surface area (TPSA) is 79.8 Å². The predicted octanol–water partition coefficient (Wildman–Crippen LogP) is 2.13. The fourth-order valence-electron chi connectivity index (χ4n) is 4.25. The van der Waals surface area contributed by atoms with E-state index in [9.17, 15) is 4.79 Å². The van der Waals surface area contributed by atoms with Crippen molar-refractivity contribution in [3.8, 4) is 11.4 Å². The molecule has 1 fully saturated rings. The molecule has 1 atom stereocenters.